The lowest BCUT2D eigenvalue weighted by Crippen LogP contribution is -2.39. The molecule has 0 aliphatic carbocycles. The third-order valence-corrected chi connectivity index (χ3v) is 3.71. The number of likely N-dealkylation sites (tertiary alicyclic amines) is 1. The molecule has 2 aromatic heterocycles. The first kappa shape index (κ1) is 14.6. The highest BCUT2D eigenvalue weighted by atomic mass is 16.5. The summed E-state index contributed by atoms with van der Waals surface area (Å²) in [4.78, 5) is 22.7. The molecule has 3 heterocycles. The minimum Gasteiger partial charge on any atom is -0.375 e. The lowest BCUT2D eigenvalue weighted by molar-refractivity contribution is 0.0697. The number of carbonyl (C=O) groups is 1. The third kappa shape index (κ3) is 3.14. The molecule has 0 N–H and O–H groups in total. The summed E-state index contributed by atoms with van der Waals surface area (Å²) in [5.74, 6) is 1.15. The van der Waals surface area contributed by atoms with Gasteiger partial charge in [-0.3, -0.25) is 9.78 Å². The molecule has 0 radical (unpaired) electrons. The summed E-state index contributed by atoms with van der Waals surface area (Å²) in [6.45, 7) is 1.62. The first-order valence-electron chi connectivity index (χ1n) is 7.29. The van der Waals surface area contributed by atoms with E-state index in [-0.39, 0.29) is 11.8 Å². The molecule has 1 amide bonds. The normalized spacial score (nSPS) is 18.4. The number of hydrogen-bond donors (Lipinski definition) is 0. The zero-order valence-corrected chi connectivity index (χ0v) is 12.4. The summed E-state index contributed by atoms with van der Waals surface area (Å²) in [7, 11) is 1.58. The van der Waals surface area contributed by atoms with Gasteiger partial charge in [0.05, 0.1) is 0 Å². The Morgan fingerprint density at radius 1 is 1.50 bits per heavy atom. The van der Waals surface area contributed by atoms with Crippen LogP contribution in [0.15, 0.2) is 28.9 Å². The molecule has 0 saturated carbocycles. The van der Waals surface area contributed by atoms with Crippen LogP contribution in [0.3, 0.4) is 0 Å². The molecule has 7 nitrogen and oxygen atoms in total. The number of carbonyl (C=O) groups excluding carboxylic acids is 1. The Morgan fingerprint density at radius 2 is 2.41 bits per heavy atom. The summed E-state index contributed by atoms with van der Waals surface area (Å²) in [5.41, 5.74) is 0.469. The van der Waals surface area contributed by atoms with Gasteiger partial charge in [-0.1, -0.05) is 11.2 Å². The molecule has 1 aliphatic rings. The van der Waals surface area contributed by atoms with E-state index in [1.807, 2.05) is 11.0 Å². The van der Waals surface area contributed by atoms with Crippen molar-refractivity contribution in [2.45, 2.75) is 25.4 Å². The molecule has 0 bridgehead atoms. The minimum atomic E-state index is -0.0501. The fourth-order valence-corrected chi connectivity index (χ4v) is 2.64. The second kappa shape index (κ2) is 6.65. The lowest BCUT2D eigenvalue weighted by Gasteiger charge is -2.31. The van der Waals surface area contributed by atoms with Crippen LogP contribution in [-0.4, -0.2) is 46.1 Å². The summed E-state index contributed by atoms with van der Waals surface area (Å²) < 4.78 is 10.1. The van der Waals surface area contributed by atoms with Gasteiger partial charge in [-0.25, -0.2) is 0 Å². The highest BCUT2D eigenvalue weighted by Gasteiger charge is 2.28. The van der Waals surface area contributed by atoms with Crippen LogP contribution < -0.4 is 0 Å². The Balaban J connectivity index is 1.69. The molecule has 1 fully saturated rings. The maximum atomic E-state index is 12.5. The van der Waals surface area contributed by atoms with E-state index >= 15 is 0 Å². The van der Waals surface area contributed by atoms with E-state index in [0.29, 0.717) is 30.6 Å². The van der Waals surface area contributed by atoms with Crippen LogP contribution in [0.1, 0.15) is 41.0 Å². The Hall–Kier alpha value is -2.28. The second-order valence-corrected chi connectivity index (χ2v) is 5.28. The fourth-order valence-electron chi connectivity index (χ4n) is 2.64. The number of amides is 1. The number of nitrogens with zero attached hydrogens (tertiary/aromatic N) is 4. The lowest BCUT2D eigenvalue weighted by atomic mass is 9.97. The van der Waals surface area contributed by atoms with Crippen LogP contribution >= 0.6 is 0 Å². The van der Waals surface area contributed by atoms with E-state index < -0.39 is 0 Å². The van der Waals surface area contributed by atoms with Gasteiger partial charge in [0.1, 0.15) is 12.3 Å². The molecule has 0 aromatic carbocycles. The van der Waals surface area contributed by atoms with Gasteiger partial charge < -0.3 is 14.2 Å². The van der Waals surface area contributed by atoms with Crippen LogP contribution in [0.4, 0.5) is 0 Å². The van der Waals surface area contributed by atoms with E-state index in [1.54, 1.807) is 25.4 Å². The molecule has 3 rings (SSSR count). The quantitative estimate of drug-likeness (QED) is 0.854. The average Bonchev–Trinajstić information content (AvgIpc) is 3.04. The minimum absolute atomic E-state index is 0.0501. The number of piperidine rings is 1. The van der Waals surface area contributed by atoms with Crippen molar-refractivity contribution in [1.82, 2.24) is 20.0 Å². The Labute approximate surface area is 128 Å². The van der Waals surface area contributed by atoms with Gasteiger partial charge in [0.15, 0.2) is 5.82 Å². The Kier molecular flexibility index (Phi) is 4.43. The van der Waals surface area contributed by atoms with Crippen molar-refractivity contribution in [2.75, 3.05) is 20.2 Å². The number of rotatable bonds is 4. The van der Waals surface area contributed by atoms with E-state index in [9.17, 15) is 4.79 Å². The summed E-state index contributed by atoms with van der Waals surface area (Å²) in [6.07, 6.45) is 3.49. The number of aromatic nitrogens is 3. The number of pyridine rings is 1. The number of ether oxygens (including phenoxy) is 1. The molecule has 2 aromatic rings. The van der Waals surface area contributed by atoms with Crippen LogP contribution in [0.2, 0.25) is 0 Å². The topological polar surface area (TPSA) is 81.4 Å². The first-order valence-corrected chi connectivity index (χ1v) is 7.29. The largest absolute Gasteiger partial charge is 0.375 e. The van der Waals surface area contributed by atoms with Crippen molar-refractivity contribution in [3.8, 4) is 0 Å². The van der Waals surface area contributed by atoms with Crippen molar-refractivity contribution in [2.24, 2.45) is 0 Å². The van der Waals surface area contributed by atoms with Gasteiger partial charge in [0.2, 0.25) is 0 Å². The molecule has 1 saturated heterocycles. The molecule has 7 heteroatoms. The fraction of sp³-hybridized carbons (Fsp3) is 0.467. The summed E-state index contributed by atoms with van der Waals surface area (Å²) in [5, 5.41) is 4.01. The van der Waals surface area contributed by atoms with E-state index in [1.165, 1.54) is 0 Å². The zero-order valence-electron chi connectivity index (χ0n) is 12.4. The van der Waals surface area contributed by atoms with E-state index in [0.717, 1.165) is 19.4 Å². The zero-order chi connectivity index (χ0) is 15.4. The van der Waals surface area contributed by atoms with Crippen molar-refractivity contribution in [3.63, 3.8) is 0 Å². The van der Waals surface area contributed by atoms with Crippen molar-refractivity contribution >= 4 is 5.91 Å². The smallest absolute Gasteiger partial charge is 0.272 e. The van der Waals surface area contributed by atoms with E-state index in [2.05, 4.69) is 15.1 Å². The number of hydrogen-bond acceptors (Lipinski definition) is 6. The standard InChI is InChI=1S/C15H18N4O3/c1-21-10-13-17-14(18-22-13)11-5-4-8-19(9-11)15(20)12-6-2-3-7-16-12/h2-3,6-7,11H,4-5,8-10H2,1H3. The SMILES string of the molecule is COCc1nc(C2CCCN(C(=O)c3ccccn3)C2)no1. The maximum absolute atomic E-state index is 12.5. The van der Waals surface area contributed by atoms with Gasteiger partial charge in [0.25, 0.3) is 11.8 Å². The Morgan fingerprint density at radius 3 is 3.18 bits per heavy atom. The molecular weight excluding hydrogens is 284 g/mol. The molecule has 1 unspecified atom stereocenters. The van der Waals surface area contributed by atoms with Crippen molar-refractivity contribution < 1.29 is 14.1 Å². The Bertz CT molecular complexity index is 629. The molecular formula is C15H18N4O3. The van der Waals surface area contributed by atoms with Crippen LogP contribution in [0, 0.1) is 0 Å². The molecule has 116 valence electrons. The summed E-state index contributed by atoms with van der Waals surface area (Å²) in [6, 6.07) is 5.35. The van der Waals surface area contributed by atoms with Crippen LogP contribution in [0.5, 0.6) is 0 Å². The number of methoxy groups -OCH3 is 1. The van der Waals surface area contributed by atoms with Crippen molar-refractivity contribution in [3.05, 3.63) is 41.8 Å². The highest BCUT2D eigenvalue weighted by molar-refractivity contribution is 5.92. The summed E-state index contributed by atoms with van der Waals surface area (Å²) >= 11 is 0. The first-order chi connectivity index (χ1) is 10.8. The maximum Gasteiger partial charge on any atom is 0.272 e. The van der Waals surface area contributed by atoms with Gasteiger partial charge in [-0.15, -0.1) is 0 Å². The molecule has 0 spiro atoms. The van der Waals surface area contributed by atoms with Crippen LogP contribution in [0.25, 0.3) is 0 Å². The second-order valence-electron chi connectivity index (χ2n) is 5.28. The van der Waals surface area contributed by atoms with Crippen molar-refractivity contribution in [1.29, 1.82) is 0 Å². The van der Waals surface area contributed by atoms with Crippen LogP contribution in [-0.2, 0) is 11.3 Å². The monoisotopic (exact) mass is 302 g/mol. The molecule has 1 aliphatic heterocycles. The third-order valence-electron chi connectivity index (χ3n) is 3.71. The van der Waals surface area contributed by atoms with Gasteiger partial charge >= 0.3 is 0 Å². The van der Waals surface area contributed by atoms with E-state index in [4.69, 9.17) is 9.26 Å². The highest BCUT2D eigenvalue weighted by Crippen LogP contribution is 2.25. The molecule has 22 heavy (non-hydrogen) atoms. The van der Waals surface area contributed by atoms with Gasteiger partial charge in [0, 0.05) is 32.3 Å². The predicted molar refractivity (Wildman–Crippen MR) is 77.1 cm³/mol. The van der Waals surface area contributed by atoms with Gasteiger partial charge in [-0.05, 0) is 25.0 Å². The van der Waals surface area contributed by atoms with Gasteiger partial charge in [-0.2, -0.15) is 4.98 Å². The average molecular weight is 302 g/mol. The predicted octanol–water partition coefficient (Wildman–Crippen LogP) is 1.63. The molecule has 1 atom stereocenters.